The minimum absolute atomic E-state index is 0.168. The lowest BCUT2D eigenvalue weighted by molar-refractivity contribution is 0.102. The van der Waals surface area contributed by atoms with E-state index in [0.29, 0.717) is 11.4 Å². The number of carbonyl (C=O) groups is 1. The van der Waals surface area contributed by atoms with Crippen LogP contribution in [0.15, 0.2) is 71.6 Å². The Labute approximate surface area is 182 Å². The van der Waals surface area contributed by atoms with E-state index in [9.17, 15) is 13.2 Å². The summed E-state index contributed by atoms with van der Waals surface area (Å²) in [5.74, 6) is -0.361. The third-order valence-corrected chi connectivity index (χ3v) is 6.97. The van der Waals surface area contributed by atoms with Gasteiger partial charge in [0.15, 0.2) is 0 Å². The second-order valence-corrected chi connectivity index (χ2v) is 9.33. The Kier molecular flexibility index (Phi) is 6.48. The molecule has 0 heterocycles. The van der Waals surface area contributed by atoms with Crippen LogP contribution in [0.1, 0.15) is 28.4 Å². The van der Waals surface area contributed by atoms with Crippen LogP contribution in [0.25, 0.3) is 0 Å². The van der Waals surface area contributed by atoms with Crippen molar-refractivity contribution in [3.05, 3.63) is 88.4 Å². The largest absolute Gasteiger partial charge is 0.322 e. The van der Waals surface area contributed by atoms with E-state index >= 15 is 0 Å². The number of nitrogens with one attached hydrogen (secondary N) is 1. The van der Waals surface area contributed by atoms with Crippen LogP contribution in [0.4, 0.5) is 11.4 Å². The molecule has 0 spiro atoms. The minimum Gasteiger partial charge on any atom is -0.322 e. The second-order valence-electron chi connectivity index (χ2n) is 6.95. The van der Waals surface area contributed by atoms with Gasteiger partial charge in [0.1, 0.15) is 0 Å². The monoisotopic (exact) mass is 442 g/mol. The molecule has 5 nitrogen and oxygen atoms in total. The molecule has 3 rings (SSSR count). The number of carbonyl (C=O) groups excluding carboxylic acids is 1. The van der Waals surface area contributed by atoms with Crippen molar-refractivity contribution in [2.45, 2.75) is 25.2 Å². The van der Waals surface area contributed by atoms with Gasteiger partial charge in [-0.3, -0.25) is 9.10 Å². The van der Waals surface area contributed by atoms with Crippen LogP contribution in [0.2, 0.25) is 5.02 Å². The van der Waals surface area contributed by atoms with Gasteiger partial charge in [-0.25, -0.2) is 8.42 Å². The molecule has 0 aliphatic carbocycles. The zero-order valence-electron chi connectivity index (χ0n) is 17.0. The van der Waals surface area contributed by atoms with E-state index < -0.39 is 10.0 Å². The zero-order valence-corrected chi connectivity index (χ0v) is 18.6. The van der Waals surface area contributed by atoms with Crippen molar-refractivity contribution in [3.63, 3.8) is 0 Å². The lowest BCUT2D eigenvalue weighted by atomic mass is 10.1. The number of nitrogens with zero attached hydrogens (tertiary/aromatic N) is 1. The maximum absolute atomic E-state index is 12.9. The molecule has 0 aromatic heterocycles. The Balaban J connectivity index is 1.81. The molecular weight excluding hydrogens is 420 g/mol. The van der Waals surface area contributed by atoms with Crippen molar-refractivity contribution in [2.24, 2.45) is 0 Å². The fourth-order valence-electron chi connectivity index (χ4n) is 2.91. The maximum Gasteiger partial charge on any atom is 0.264 e. The number of halogens is 1. The first kappa shape index (κ1) is 21.9. The Morgan fingerprint density at radius 1 is 1.00 bits per heavy atom. The van der Waals surface area contributed by atoms with Crippen LogP contribution in [-0.2, 0) is 16.4 Å². The summed E-state index contributed by atoms with van der Waals surface area (Å²) in [5, 5.41) is 2.97. The molecular formula is C23H23ClN2O3S. The topological polar surface area (TPSA) is 66.5 Å². The molecule has 30 heavy (non-hydrogen) atoms. The third-order valence-electron chi connectivity index (χ3n) is 4.86. The van der Waals surface area contributed by atoms with E-state index in [-0.39, 0.29) is 21.4 Å². The van der Waals surface area contributed by atoms with Crippen molar-refractivity contribution in [3.8, 4) is 0 Å². The fourth-order valence-corrected chi connectivity index (χ4v) is 4.36. The number of rotatable bonds is 6. The van der Waals surface area contributed by atoms with E-state index in [1.807, 2.05) is 31.2 Å². The lowest BCUT2D eigenvalue weighted by Crippen LogP contribution is -2.26. The standard InChI is InChI=1S/C23H23ClN2O3S/c1-4-17-7-9-18(10-8-17)25-23(27)21-14-11-19(15-22(21)24)26(3)30(28,29)20-12-5-16(2)6-13-20/h5-15H,4H2,1-3H3,(H,25,27). The van der Waals surface area contributed by atoms with E-state index in [1.54, 1.807) is 30.3 Å². The number of hydrogen-bond donors (Lipinski definition) is 1. The van der Waals surface area contributed by atoms with Crippen LogP contribution in [0.5, 0.6) is 0 Å². The van der Waals surface area contributed by atoms with Crippen molar-refractivity contribution >= 4 is 38.9 Å². The summed E-state index contributed by atoms with van der Waals surface area (Å²) >= 11 is 6.32. The molecule has 0 atom stereocenters. The first-order chi connectivity index (χ1) is 14.2. The molecule has 1 N–H and O–H groups in total. The summed E-state index contributed by atoms with van der Waals surface area (Å²) in [6.07, 6.45) is 0.917. The fraction of sp³-hybridized carbons (Fsp3) is 0.174. The highest BCUT2D eigenvalue weighted by atomic mass is 35.5. The normalized spacial score (nSPS) is 11.2. The van der Waals surface area contributed by atoms with Crippen molar-refractivity contribution < 1.29 is 13.2 Å². The number of anilines is 2. The van der Waals surface area contributed by atoms with Crippen LogP contribution < -0.4 is 9.62 Å². The summed E-state index contributed by atoms with van der Waals surface area (Å²) < 4.78 is 26.9. The number of hydrogen-bond acceptors (Lipinski definition) is 3. The van der Waals surface area contributed by atoms with Crippen molar-refractivity contribution in [1.82, 2.24) is 0 Å². The van der Waals surface area contributed by atoms with Crippen molar-refractivity contribution in [2.75, 3.05) is 16.7 Å². The van der Waals surface area contributed by atoms with Crippen LogP contribution >= 0.6 is 11.6 Å². The van der Waals surface area contributed by atoms with Crippen LogP contribution in [0, 0.1) is 6.92 Å². The van der Waals surface area contributed by atoms with E-state index in [1.165, 1.54) is 24.7 Å². The molecule has 3 aromatic rings. The van der Waals surface area contributed by atoms with Crippen LogP contribution in [-0.4, -0.2) is 21.4 Å². The summed E-state index contributed by atoms with van der Waals surface area (Å²) in [4.78, 5) is 12.8. The smallest absolute Gasteiger partial charge is 0.264 e. The number of benzene rings is 3. The zero-order chi connectivity index (χ0) is 21.9. The SMILES string of the molecule is CCc1ccc(NC(=O)c2ccc(N(C)S(=O)(=O)c3ccc(C)cc3)cc2Cl)cc1. The molecule has 0 saturated carbocycles. The predicted octanol–water partition coefficient (Wildman–Crippen LogP) is 5.29. The number of amides is 1. The van der Waals surface area contributed by atoms with Crippen molar-refractivity contribution in [1.29, 1.82) is 0 Å². The summed E-state index contributed by atoms with van der Waals surface area (Å²) in [6, 6.07) is 18.7. The number of aryl methyl sites for hydroxylation is 2. The Morgan fingerprint density at radius 3 is 2.20 bits per heavy atom. The Hall–Kier alpha value is -2.83. The van der Waals surface area contributed by atoms with Gasteiger partial charge < -0.3 is 5.32 Å². The highest BCUT2D eigenvalue weighted by Gasteiger charge is 2.22. The van der Waals surface area contributed by atoms with E-state index in [4.69, 9.17) is 11.6 Å². The maximum atomic E-state index is 12.9. The summed E-state index contributed by atoms with van der Waals surface area (Å²) in [5.41, 5.74) is 3.44. The van der Waals surface area contributed by atoms with Gasteiger partial charge in [0, 0.05) is 12.7 Å². The Bertz CT molecular complexity index is 1160. The molecule has 156 valence electrons. The van der Waals surface area contributed by atoms with Crippen LogP contribution in [0.3, 0.4) is 0 Å². The molecule has 3 aromatic carbocycles. The average molecular weight is 443 g/mol. The Morgan fingerprint density at radius 2 is 1.63 bits per heavy atom. The molecule has 1 amide bonds. The highest BCUT2D eigenvalue weighted by Crippen LogP contribution is 2.28. The molecule has 0 saturated heterocycles. The summed E-state index contributed by atoms with van der Waals surface area (Å²) in [6.45, 7) is 3.95. The highest BCUT2D eigenvalue weighted by molar-refractivity contribution is 7.92. The van der Waals surface area contributed by atoms with Gasteiger partial charge in [-0.1, -0.05) is 48.4 Å². The predicted molar refractivity (Wildman–Crippen MR) is 122 cm³/mol. The van der Waals surface area contributed by atoms with Gasteiger partial charge in [0.25, 0.3) is 15.9 Å². The lowest BCUT2D eigenvalue weighted by Gasteiger charge is -2.20. The molecule has 0 radical (unpaired) electrons. The van der Waals surface area contributed by atoms with Gasteiger partial charge in [0.05, 0.1) is 21.2 Å². The van der Waals surface area contributed by atoms with Gasteiger partial charge in [-0.2, -0.15) is 0 Å². The van der Waals surface area contributed by atoms with Gasteiger partial charge in [-0.15, -0.1) is 0 Å². The number of sulfonamides is 1. The first-order valence-electron chi connectivity index (χ1n) is 9.48. The van der Waals surface area contributed by atoms with E-state index in [2.05, 4.69) is 12.2 Å². The molecule has 0 bridgehead atoms. The average Bonchev–Trinajstić information content (AvgIpc) is 2.73. The molecule has 0 aliphatic rings. The second kappa shape index (κ2) is 8.90. The summed E-state index contributed by atoms with van der Waals surface area (Å²) in [7, 11) is -2.29. The molecule has 7 heteroatoms. The van der Waals surface area contributed by atoms with Gasteiger partial charge in [0.2, 0.25) is 0 Å². The van der Waals surface area contributed by atoms with Gasteiger partial charge in [-0.05, 0) is 61.4 Å². The quantitative estimate of drug-likeness (QED) is 0.564. The van der Waals surface area contributed by atoms with E-state index in [0.717, 1.165) is 16.3 Å². The third kappa shape index (κ3) is 4.66. The molecule has 0 fully saturated rings. The molecule has 0 aliphatic heterocycles. The minimum atomic E-state index is -3.74. The van der Waals surface area contributed by atoms with Gasteiger partial charge >= 0.3 is 0 Å². The first-order valence-corrected chi connectivity index (χ1v) is 11.3. The molecule has 0 unspecified atom stereocenters.